The molecule has 1 saturated heterocycles. The van der Waals surface area contributed by atoms with Crippen molar-refractivity contribution >= 4 is 16.7 Å². The Hall–Kier alpha value is -3.72. The Balaban J connectivity index is 1.21. The number of halogens is 2. The average Bonchev–Trinajstić information content (AvgIpc) is 3.29. The van der Waals surface area contributed by atoms with E-state index in [2.05, 4.69) is 32.6 Å². The van der Waals surface area contributed by atoms with Gasteiger partial charge in [0.05, 0.1) is 18.7 Å². The summed E-state index contributed by atoms with van der Waals surface area (Å²) in [6.07, 6.45) is 0.371. The lowest BCUT2D eigenvalue weighted by Gasteiger charge is -2.34. The van der Waals surface area contributed by atoms with Gasteiger partial charge in [0.15, 0.2) is 17.5 Å². The Bertz CT molecular complexity index is 1290. The van der Waals surface area contributed by atoms with Crippen molar-refractivity contribution in [1.82, 2.24) is 30.0 Å². The molecule has 1 aliphatic heterocycles. The van der Waals surface area contributed by atoms with Crippen LogP contribution in [-0.4, -0.2) is 62.1 Å². The van der Waals surface area contributed by atoms with Gasteiger partial charge in [-0.25, -0.2) is 8.78 Å². The van der Waals surface area contributed by atoms with Gasteiger partial charge in [-0.05, 0) is 38.9 Å². The van der Waals surface area contributed by atoms with Gasteiger partial charge in [0.1, 0.15) is 0 Å². The standard InChI is InChI=1S/C24H22F2N6O/c25-21-9-8-19(15-22(21)26)32-23(27-28-29-32)16-30-10-12-31(13-11-30)24(33)14-18-6-3-5-17-4-1-2-7-20(17)18/h1-9,15H,10-14,16H2. The SMILES string of the molecule is O=C(Cc1cccc2ccccc12)N1CCN(Cc2nnnn2-c2ccc(F)c(F)c2)CC1. The van der Waals surface area contributed by atoms with Crippen molar-refractivity contribution < 1.29 is 13.6 Å². The van der Waals surface area contributed by atoms with Crippen molar-refractivity contribution in [2.24, 2.45) is 0 Å². The molecule has 0 N–H and O–H groups in total. The van der Waals surface area contributed by atoms with E-state index in [1.807, 2.05) is 35.2 Å². The number of carbonyl (C=O) groups excluding carboxylic acids is 1. The third kappa shape index (κ3) is 4.45. The van der Waals surface area contributed by atoms with Crippen LogP contribution in [0.25, 0.3) is 16.5 Å². The number of tetrazole rings is 1. The van der Waals surface area contributed by atoms with Gasteiger partial charge in [-0.1, -0.05) is 42.5 Å². The normalized spacial score (nSPS) is 14.7. The van der Waals surface area contributed by atoms with Gasteiger partial charge in [-0.2, -0.15) is 4.68 Å². The predicted molar refractivity (Wildman–Crippen MR) is 119 cm³/mol. The summed E-state index contributed by atoms with van der Waals surface area (Å²) in [5.41, 5.74) is 1.39. The molecule has 33 heavy (non-hydrogen) atoms. The molecule has 3 aromatic carbocycles. The molecule has 0 aliphatic carbocycles. The van der Waals surface area contributed by atoms with Gasteiger partial charge in [-0.3, -0.25) is 9.69 Å². The van der Waals surface area contributed by atoms with Crippen LogP contribution in [0.5, 0.6) is 0 Å². The first-order valence-electron chi connectivity index (χ1n) is 10.8. The molecule has 1 aliphatic rings. The van der Waals surface area contributed by atoms with E-state index in [-0.39, 0.29) is 5.91 Å². The van der Waals surface area contributed by atoms with Gasteiger partial charge in [0.25, 0.3) is 0 Å². The molecule has 4 aromatic rings. The minimum atomic E-state index is -0.952. The molecule has 0 bridgehead atoms. The molecule has 168 valence electrons. The smallest absolute Gasteiger partial charge is 0.227 e. The Kier molecular flexibility index (Phi) is 5.78. The topological polar surface area (TPSA) is 67.2 Å². The number of hydrogen-bond acceptors (Lipinski definition) is 5. The maximum atomic E-state index is 13.6. The second kappa shape index (κ2) is 9.03. The maximum absolute atomic E-state index is 13.6. The molecular weight excluding hydrogens is 426 g/mol. The molecule has 0 saturated carbocycles. The lowest BCUT2D eigenvalue weighted by Crippen LogP contribution is -2.49. The van der Waals surface area contributed by atoms with Crippen LogP contribution in [0.2, 0.25) is 0 Å². The van der Waals surface area contributed by atoms with E-state index in [0.29, 0.717) is 50.7 Å². The highest BCUT2D eigenvalue weighted by Gasteiger charge is 2.23. The highest BCUT2D eigenvalue weighted by atomic mass is 19.2. The highest BCUT2D eigenvalue weighted by Crippen LogP contribution is 2.20. The molecule has 9 heteroatoms. The van der Waals surface area contributed by atoms with Gasteiger partial charge in [0, 0.05) is 32.2 Å². The van der Waals surface area contributed by atoms with E-state index in [4.69, 9.17) is 0 Å². The van der Waals surface area contributed by atoms with Crippen LogP contribution >= 0.6 is 0 Å². The first-order valence-corrected chi connectivity index (χ1v) is 10.8. The van der Waals surface area contributed by atoms with Crippen LogP contribution < -0.4 is 0 Å². The highest BCUT2D eigenvalue weighted by molar-refractivity contribution is 5.90. The molecule has 1 fully saturated rings. The van der Waals surface area contributed by atoms with Crippen LogP contribution in [0.4, 0.5) is 8.78 Å². The van der Waals surface area contributed by atoms with Crippen LogP contribution in [0.1, 0.15) is 11.4 Å². The zero-order valence-electron chi connectivity index (χ0n) is 17.9. The van der Waals surface area contributed by atoms with E-state index >= 15 is 0 Å². The van der Waals surface area contributed by atoms with E-state index in [1.165, 1.54) is 10.7 Å². The molecule has 7 nitrogen and oxygen atoms in total. The first-order chi connectivity index (χ1) is 16.1. The van der Waals surface area contributed by atoms with Crippen molar-refractivity contribution in [2.75, 3.05) is 26.2 Å². The van der Waals surface area contributed by atoms with Gasteiger partial charge in [-0.15, -0.1) is 5.10 Å². The first kappa shape index (κ1) is 21.1. The number of piperazine rings is 1. The van der Waals surface area contributed by atoms with E-state index in [0.717, 1.165) is 28.5 Å². The van der Waals surface area contributed by atoms with Crippen molar-refractivity contribution in [2.45, 2.75) is 13.0 Å². The van der Waals surface area contributed by atoms with Crippen LogP contribution in [0.15, 0.2) is 60.7 Å². The summed E-state index contributed by atoms with van der Waals surface area (Å²) >= 11 is 0. The van der Waals surface area contributed by atoms with Crippen molar-refractivity contribution in [3.05, 3.63) is 83.7 Å². The summed E-state index contributed by atoms with van der Waals surface area (Å²) in [5, 5.41) is 13.9. The number of carbonyl (C=O) groups is 1. The summed E-state index contributed by atoms with van der Waals surface area (Å²) in [6.45, 7) is 3.00. The molecule has 0 spiro atoms. The van der Waals surface area contributed by atoms with Crippen molar-refractivity contribution in [1.29, 1.82) is 0 Å². The molecular formula is C24H22F2N6O. The Morgan fingerprint density at radius 3 is 2.52 bits per heavy atom. The summed E-state index contributed by atoms with van der Waals surface area (Å²) in [6, 6.07) is 17.7. The summed E-state index contributed by atoms with van der Waals surface area (Å²) in [4.78, 5) is 17.0. The molecule has 0 atom stereocenters. The summed E-state index contributed by atoms with van der Waals surface area (Å²) in [7, 11) is 0. The summed E-state index contributed by atoms with van der Waals surface area (Å²) < 4.78 is 28.3. The number of nitrogens with zero attached hydrogens (tertiary/aromatic N) is 6. The third-order valence-electron chi connectivity index (χ3n) is 5.99. The quantitative estimate of drug-likeness (QED) is 0.470. The van der Waals surface area contributed by atoms with Crippen LogP contribution in [0.3, 0.4) is 0 Å². The molecule has 0 radical (unpaired) electrons. The zero-order chi connectivity index (χ0) is 22.8. The van der Waals surface area contributed by atoms with Crippen LogP contribution in [-0.2, 0) is 17.8 Å². The van der Waals surface area contributed by atoms with Crippen molar-refractivity contribution in [3.63, 3.8) is 0 Å². The fraction of sp³-hybridized carbons (Fsp3) is 0.250. The van der Waals surface area contributed by atoms with E-state index < -0.39 is 11.6 Å². The lowest BCUT2D eigenvalue weighted by molar-refractivity contribution is -0.132. The van der Waals surface area contributed by atoms with Crippen molar-refractivity contribution in [3.8, 4) is 5.69 Å². The molecule has 1 amide bonds. The van der Waals surface area contributed by atoms with E-state index in [1.54, 1.807) is 0 Å². The minimum Gasteiger partial charge on any atom is -0.340 e. The predicted octanol–water partition coefficient (Wildman–Crippen LogP) is 2.98. The molecule has 1 aromatic heterocycles. The fourth-order valence-electron chi connectivity index (χ4n) is 4.20. The monoisotopic (exact) mass is 448 g/mol. The number of benzene rings is 3. The van der Waals surface area contributed by atoms with E-state index in [9.17, 15) is 13.6 Å². The Morgan fingerprint density at radius 1 is 0.909 bits per heavy atom. The number of hydrogen-bond donors (Lipinski definition) is 0. The molecule has 2 heterocycles. The molecule has 5 rings (SSSR count). The Morgan fingerprint density at radius 2 is 1.70 bits per heavy atom. The number of amides is 1. The third-order valence-corrected chi connectivity index (χ3v) is 5.99. The number of fused-ring (bicyclic) bond motifs is 1. The second-order valence-corrected chi connectivity index (χ2v) is 8.08. The Labute approximate surface area is 189 Å². The average molecular weight is 448 g/mol. The maximum Gasteiger partial charge on any atom is 0.227 e. The second-order valence-electron chi connectivity index (χ2n) is 8.08. The van der Waals surface area contributed by atoms with Gasteiger partial charge < -0.3 is 4.90 Å². The lowest BCUT2D eigenvalue weighted by atomic mass is 10.0. The zero-order valence-corrected chi connectivity index (χ0v) is 17.9. The number of aromatic nitrogens is 4. The largest absolute Gasteiger partial charge is 0.340 e. The fourth-order valence-corrected chi connectivity index (χ4v) is 4.20. The molecule has 0 unspecified atom stereocenters. The van der Waals surface area contributed by atoms with Gasteiger partial charge in [0.2, 0.25) is 5.91 Å². The number of rotatable bonds is 5. The van der Waals surface area contributed by atoms with Gasteiger partial charge >= 0.3 is 0 Å². The minimum absolute atomic E-state index is 0.109. The summed E-state index contributed by atoms with van der Waals surface area (Å²) in [5.74, 6) is -1.24. The van der Waals surface area contributed by atoms with Crippen LogP contribution in [0, 0.1) is 11.6 Å².